The second-order valence-corrected chi connectivity index (χ2v) is 7.90. The van der Waals surface area contributed by atoms with Gasteiger partial charge in [0, 0.05) is 25.1 Å². The van der Waals surface area contributed by atoms with Crippen molar-refractivity contribution in [3.05, 3.63) is 23.8 Å². The maximum Gasteiger partial charge on any atom is 0.191 e. The first kappa shape index (κ1) is 21.4. The molecular formula is C21H35N3O3. The average Bonchev–Trinajstić information content (AvgIpc) is 3.10. The monoisotopic (exact) mass is 377 g/mol. The van der Waals surface area contributed by atoms with Crippen LogP contribution in [0.3, 0.4) is 0 Å². The summed E-state index contributed by atoms with van der Waals surface area (Å²) in [5.41, 5.74) is 0.913. The smallest absolute Gasteiger partial charge is 0.191 e. The molecule has 1 heterocycles. The second-order valence-electron chi connectivity index (χ2n) is 7.90. The largest absolute Gasteiger partial charge is 0.493 e. The predicted molar refractivity (Wildman–Crippen MR) is 110 cm³/mol. The van der Waals surface area contributed by atoms with Crippen LogP contribution >= 0.6 is 0 Å². The Bertz CT molecular complexity index is 638. The number of hydrogen-bond acceptors (Lipinski definition) is 4. The number of hydrogen-bond donors (Lipinski definition) is 2. The standard InChI is InChI=1S/C21H35N3O3/c1-7-22-19(24-15-21(4)11-8-12-27-21)23-14-20(2,3)16-9-10-17(25-5)18(13-16)26-6/h9-10,13H,7-8,11-12,14-15H2,1-6H3,(H2,22,23,24). The van der Waals surface area contributed by atoms with Crippen LogP contribution in [-0.4, -0.2) is 52.0 Å². The van der Waals surface area contributed by atoms with Crippen LogP contribution < -0.4 is 20.1 Å². The van der Waals surface area contributed by atoms with Crippen LogP contribution in [0.4, 0.5) is 0 Å². The fraction of sp³-hybridized carbons (Fsp3) is 0.667. The SMILES string of the molecule is CCNC(=NCC(C)(C)c1ccc(OC)c(OC)c1)NCC1(C)CCCO1. The van der Waals surface area contributed by atoms with Crippen LogP contribution in [0, 0.1) is 0 Å². The van der Waals surface area contributed by atoms with E-state index in [2.05, 4.69) is 44.4 Å². The molecule has 1 atom stereocenters. The fourth-order valence-electron chi connectivity index (χ4n) is 3.21. The van der Waals surface area contributed by atoms with Gasteiger partial charge in [-0.3, -0.25) is 4.99 Å². The van der Waals surface area contributed by atoms with Gasteiger partial charge in [-0.2, -0.15) is 0 Å². The molecule has 0 amide bonds. The molecule has 1 aromatic carbocycles. The van der Waals surface area contributed by atoms with Gasteiger partial charge in [0.15, 0.2) is 17.5 Å². The third-order valence-corrected chi connectivity index (χ3v) is 5.07. The summed E-state index contributed by atoms with van der Waals surface area (Å²) in [6, 6.07) is 6.05. The predicted octanol–water partition coefficient (Wildman–Crippen LogP) is 3.11. The third kappa shape index (κ3) is 5.76. The number of methoxy groups -OCH3 is 2. The molecule has 1 saturated heterocycles. The summed E-state index contributed by atoms with van der Waals surface area (Å²) >= 11 is 0. The minimum atomic E-state index is -0.143. The summed E-state index contributed by atoms with van der Waals surface area (Å²) in [5.74, 6) is 2.30. The molecule has 0 spiro atoms. The van der Waals surface area contributed by atoms with Gasteiger partial charge < -0.3 is 24.8 Å². The van der Waals surface area contributed by atoms with E-state index in [1.54, 1.807) is 14.2 Å². The van der Waals surface area contributed by atoms with Crippen molar-refractivity contribution < 1.29 is 14.2 Å². The Hall–Kier alpha value is -1.95. The lowest BCUT2D eigenvalue weighted by Crippen LogP contribution is -2.46. The maximum absolute atomic E-state index is 5.86. The van der Waals surface area contributed by atoms with Gasteiger partial charge in [-0.25, -0.2) is 0 Å². The van der Waals surface area contributed by atoms with Gasteiger partial charge in [0.05, 0.1) is 26.4 Å². The number of guanidine groups is 1. The minimum Gasteiger partial charge on any atom is -0.493 e. The van der Waals surface area contributed by atoms with Gasteiger partial charge in [0.25, 0.3) is 0 Å². The minimum absolute atomic E-state index is 0.102. The van der Waals surface area contributed by atoms with Gasteiger partial charge in [-0.15, -0.1) is 0 Å². The molecule has 0 bridgehead atoms. The number of ether oxygens (including phenoxy) is 3. The lowest BCUT2D eigenvalue weighted by Gasteiger charge is -2.27. The topological polar surface area (TPSA) is 64.1 Å². The highest BCUT2D eigenvalue weighted by Crippen LogP contribution is 2.33. The van der Waals surface area contributed by atoms with Crippen molar-refractivity contribution in [1.82, 2.24) is 10.6 Å². The molecule has 1 aliphatic heterocycles. The molecule has 0 saturated carbocycles. The van der Waals surface area contributed by atoms with Crippen molar-refractivity contribution in [2.75, 3.05) is 40.5 Å². The average molecular weight is 378 g/mol. The Morgan fingerprint density at radius 2 is 1.96 bits per heavy atom. The quantitative estimate of drug-likeness (QED) is 0.538. The third-order valence-electron chi connectivity index (χ3n) is 5.07. The van der Waals surface area contributed by atoms with E-state index in [0.717, 1.165) is 55.6 Å². The highest BCUT2D eigenvalue weighted by molar-refractivity contribution is 5.79. The zero-order valence-electron chi connectivity index (χ0n) is 17.6. The van der Waals surface area contributed by atoms with Crippen molar-refractivity contribution in [2.45, 2.75) is 51.6 Å². The van der Waals surface area contributed by atoms with Gasteiger partial charge in [0.1, 0.15) is 0 Å². The first-order chi connectivity index (χ1) is 12.8. The number of aliphatic imine (C=N–C) groups is 1. The van der Waals surface area contributed by atoms with Gasteiger partial charge in [-0.1, -0.05) is 19.9 Å². The number of nitrogens with one attached hydrogen (secondary N) is 2. The molecule has 0 aromatic heterocycles. The van der Waals surface area contributed by atoms with Crippen LogP contribution in [0.1, 0.15) is 46.1 Å². The van der Waals surface area contributed by atoms with E-state index < -0.39 is 0 Å². The van der Waals surface area contributed by atoms with Crippen LogP contribution in [0.25, 0.3) is 0 Å². The Kier molecular flexibility index (Phi) is 7.36. The van der Waals surface area contributed by atoms with Crippen molar-refractivity contribution in [1.29, 1.82) is 0 Å². The van der Waals surface area contributed by atoms with Crippen molar-refractivity contribution in [3.63, 3.8) is 0 Å². The number of nitrogens with zero attached hydrogens (tertiary/aromatic N) is 1. The Morgan fingerprint density at radius 1 is 1.22 bits per heavy atom. The maximum atomic E-state index is 5.86. The van der Waals surface area contributed by atoms with Crippen molar-refractivity contribution in [2.24, 2.45) is 4.99 Å². The van der Waals surface area contributed by atoms with Crippen LogP contribution in [0.2, 0.25) is 0 Å². The summed E-state index contributed by atoms with van der Waals surface area (Å²) in [5, 5.41) is 6.76. The Labute approximate surface area is 163 Å². The molecule has 2 rings (SSSR count). The zero-order valence-corrected chi connectivity index (χ0v) is 17.6. The summed E-state index contributed by atoms with van der Waals surface area (Å²) in [7, 11) is 3.31. The highest BCUT2D eigenvalue weighted by atomic mass is 16.5. The first-order valence-corrected chi connectivity index (χ1v) is 9.72. The Morgan fingerprint density at radius 3 is 2.56 bits per heavy atom. The lowest BCUT2D eigenvalue weighted by atomic mass is 9.84. The van der Waals surface area contributed by atoms with E-state index in [4.69, 9.17) is 19.2 Å². The van der Waals surface area contributed by atoms with Crippen LogP contribution in [0.15, 0.2) is 23.2 Å². The summed E-state index contributed by atoms with van der Waals surface area (Å²) in [4.78, 5) is 4.82. The molecule has 0 aliphatic carbocycles. The molecule has 27 heavy (non-hydrogen) atoms. The molecule has 6 heteroatoms. The molecule has 0 radical (unpaired) electrons. The van der Waals surface area contributed by atoms with E-state index in [1.807, 2.05) is 12.1 Å². The second kappa shape index (κ2) is 9.31. The van der Waals surface area contributed by atoms with Gasteiger partial charge in [-0.05, 0) is 44.4 Å². The summed E-state index contributed by atoms with van der Waals surface area (Å²) in [6.45, 7) is 11.7. The molecule has 1 aliphatic rings. The number of rotatable bonds is 8. The van der Waals surface area contributed by atoms with E-state index in [0.29, 0.717) is 6.54 Å². The first-order valence-electron chi connectivity index (χ1n) is 9.72. The van der Waals surface area contributed by atoms with E-state index in [-0.39, 0.29) is 11.0 Å². The molecule has 6 nitrogen and oxygen atoms in total. The van der Waals surface area contributed by atoms with Gasteiger partial charge >= 0.3 is 0 Å². The fourth-order valence-corrected chi connectivity index (χ4v) is 3.21. The summed E-state index contributed by atoms with van der Waals surface area (Å²) < 4.78 is 16.6. The molecular weight excluding hydrogens is 342 g/mol. The van der Waals surface area contributed by atoms with Crippen molar-refractivity contribution >= 4 is 5.96 Å². The lowest BCUT2D eigenvalue weighted by molar-refractivity contribution is 0.0243. The van der Waals surface area contributed by atoms with E-state index in [9.17, 15) is 0 Å². The zero-order chi connectivity index (χ0) is 19.9. The van der Waals surface area contributed by atoms with Crippen LogP contribution in [-0.2, 0) is 10.2 Å². The number of benzene rings is 1. The molecule has 1 aromatic rings. The van der Waals surface area contributed by atoms with E-state index in [1.165, 1.54) is 0 Å². The normalized spacial score (nSPS) is 20.4. The summed E-state index contributed by atoms with van der Waals surface area (Å²) in [6.07, 6.45) is 2.20. The van der Waals surface area contributed by atoms with E-state index >= 15 is 0 Å². The molecule has 152 valence electrons. The van der Waals surface area contributed by atoms with Crippen LogP contribution in [0.5, 0.6) is 11.5 Å². The highest BCUT2D eigenvalue weighted by Gasteiger charge is 2.30. The van der Waals surface area contributed by atoms with Crippen molar-refractivity contribution in [3.8, 4) is 11.5 Å². The molecule has 1 unspecified atom stereocenters. The molecule has 2 N–H and O–H groups in total. The molecule has 1 fully saturated rings. The Balaban J connectivity index is 2.08. The van der Waals surface area contributed by atoms with Gasteiger partial charge in [0.2, 0.25) is 0 Å².